The van der Waals surface area contributed by atoms with Gasteiger partial charge < -0.3 is 4.90 Å². The van der Waals surface area contributed by atoms with Crippen LogP contribution in [0.4, 0.5) is 5.69 Å². The Morgan fingerprint density at radius 1 is 1.20 bits per heavy atom. The fourth-order valence-corrected chi connectivity index (χ4v) is 2.08. The number of rotatable bonds is 4. The van der Waals surface area contributed by atoms with Gasteiger partial charge in [-0.25, -0.2) is 0 Å². The molecule has 1 aromatic rings. The van der Waals surface area contributed by atoms with Gasteiger partial charge in [-0.05, 0) is 12.1 Å². The minimum atomic E-state index is -0.501. The summed E-state index contributed by atoms with van der Waals surface area (Å²) >= 11 is 0. The van der Waals surface area contributed by atoms with E-state index in [2.05, 4.69) is 5.18 Å². The largest absolute Gasteiger partial charge is 0.336 e. The summed E-state index contributed by atoms with van der Waals surface area (Å²) in [6.45, 7) is 2.38. The van der Waals surface area contributed by atoms with Crippen LogP contribution in [-0.4, -0.2) is 53.5 Å². The van der Waals surface area contributed by atoms with Gasteiger partial charge in [-0.1, -0.05) is 5.18 Å². The number of hydrogen-bond acceptors (Lipinski definition) is 6. The molecule has 1 aliphatic rings. The van der Waals surface area contributed by atoms with Gasteiger partial charge in [0.15, 0.2) is 0 Å². The molecule has 0 N–H and O–H groups in total. The Kier molecular flexibility index (Phi) is 4.36. The summed E-state index contributed by atoms with van der Waals surface area (Å²) in [6.07, 6.45) is 0. The number of hydrogen-bond donors (Lipinski definition) is 0. The van der Waals surface area contributed by atoms with Crippen molar-refractivity contribution in [2.45, 2.75) is 0 Å². The van der Waals surface area contributed by atoms with Gasteiger partial charge in [0.1, 0.15) is 6.67 Å². The summed E-state index contributed by atoms with van der Waals surface area (Å²) in [4.78, 5) is 36.0. The zero-order valence-corrected chi connectivity index (χ0v) is 10.8. The van der Waals surface area contributed by atoms with Crippen molar-refractivity contribution in [3.63, 3.8) is 0 Å². The van der Waals surface area contributed by atoms with E-state index in [0.29, 0.717) is 31.7 Å². The molecule has 1 saturated heterocycles. The van der Waals surface area contributed by atoms with E-state index < -0.39 is 4.92 Å². The van der Waals surface area contributed by atoms with Crippen LogP contribution in [0.25, 0.3) is 0 Å². The predicted octanol–water partition coefficient (Wildman–Crippen LogP) is 1.08. The molecule has 0 saturated carbocycles. The van der Waals surface area contributed by atoms with Gasteiger partial charge in [0.25, 0.3) is 11.6 Å². The molecule has 1 heterocycles. The van der Waals surface area contributed by atoms with Crippen LogP contribution >= 0.6 is 0 Å². The van der Waals surface area contributed by atoms with Gasteiger partial charge in [0, 0.05) is 43.9 Å². The highest BCUT2D eigenvalue weighted by molar-refractivity contribution is 5.94. The van der Waals surface area contributed by atoms with E-state index in [-0.39, 0.29) is 18.3 Å². The first kappa shape index (κ1) is 14.1. The van der Waals surface area contributed by atoms with Crippen LogP contribution in [0.1, 0.15) is 10.4 Å². The monoisotopic (exact) mass is 278 g/mol. The maximum absolute atomic E-state index is 12.2. The molecule has 0 unspecified atom stereocenters. The molecule has 1 fully saturated rings. The van der Waals surface area contributed by atoms with Crippen LogP contribution in [0.2, 0.25) is 0 Å². The standard InChI is InChI=1S/C12H14N4O4/c17-12(10-1-3-11(4-2-10)16(19)20)15-7-5-14(6-8-15)9-13-18/h1-4H,5-9H2. The van der Waals surface area contributed by atoms with Gasteiger partial charge in [-0.3, -0.25) is 19.8 Å². The van der Waals surface area contributed by atoms with Gasteiger partial charge in [-0.15, -0.1) is 4.91 Å². The first-order valence-electron chi connectivity index (χ1n) is 6.17. The van der Waals surface area contributed by atoms with E-state index in [1.807, 2.05) is 4.90 Å². The molecule has 0 aliphatic carbocycles. The second-order valence-corrected chi connectivity index (χ2v) is 4.48. The first-order chi connectivity index (χ1) is 9.61. The zero-order valence-electron chi connectivity index (χ0n) is 10.8. The maximum atomic E-state index is 12.2. The molecule has 8 heteroatoms. The fourth-order valence-electron chi connectivity index (χ4n) is 2.08. The van der Waals surface area contributed by atoms with Crippen molar-refractivity contribution in [3.8, 4) is 0 Å². The molecule has 1 amide bonds. The molecule has 1 aliphatic heterocycles. The number of carbonyl (C=O) groups is 1. The predicted molar refractivity (Wildman–Crippen MR) is 71.2 cm³/mol. The van der Waals surface area contributed by atoms with Crippen molar-refractivity contribution in [3.05, 3.63) is 44.9 Å². The lowest BCUT2D eigenvalue weighted by atomic mass is 10.1. The van der Waals surface area contributed by atoms with Crippen molar-refractivity contribution in [2.24, 2.45) is 5.18 Å². The average molecular weight is 278 g/mol. The Balaban J connectivity index is 1.98. The number of benzene rings is 1. The Bertz CT molecular complexity index is 509. The summed E-state index contributed by atoms with van der Waals surface area (Å²) in [6, 6.07) is 5.55. The maximum Gasteiger partial charge on any atom is 0.269 e. The molecule has 1 aromatic carbocycles. The van der Waals surface area contributed by atoms with Crippen molar-refractivity contribution in [1.82, 2.24) is 9.80 Å². The van der Waals surface area contributed by atoms with Crippen molar-refractivity contribution in [2.75, 3.05) is 32.8 Å². The lowest BCUT2D eigenvalue weighted by Gasteiger charge is -2.33. The molecular formula is C12H14N4O4. The number of non-ortho nitro benzene ring substituents is 1. The topological polar surface area (TPSA) is 96.1 Å². The molecule has 0 aromatic heterocycles. The van der Waals surface area contributed by atoms with Crippen LogP contribution < -0.4 is 0 Å². The van der Waals surface area contributed by atoms with Crippen molar-refractivity contribution in [1.29, 1.82) is 0 Å². The van der Waals surface area contributed by atoms with E-state index in [4.69, 9.17) is 0 Å². The Morgan fingerprint density at radius 2 is 1.80 bits per heavy atom. The summed E-state index contributed by atoms with van der Waals surface area (Å²) in [5.74, 6) is -0.154. The van der Waals surface area contributed by atoms with Crippen LogP contribution in [-0.2, 0) is 0 Å². The van der Waals surface area contributed by atoms with E-state index in [1.54, 1.807) is 4.90 Å². The van der Waals surface area contributed by atoms with Crippen LogP contribution in [0, 0.1) is 15.0 Å². The number of carbonyl (C=O) groups excluding carboxylic acids is 1. The molecule has 8 nitrogen and oxygen atoms in total. The summed E-state index contributed by atoms with van der Waals surface area (Å²) < 4.78 is 0. The normalized spacial score (nSPS) is 15.9. The first-order valence-corrected chi connectivity index (χ1v) is 6.17. The lowest BCUT2D eigenvalue weighted by molar-refractivity contribution is -0.384. The highest BCUT2D eigenvalue weighted by Crippen LogP contribution is 2.14. The van der Waals surface area contributed by atoms with E-state index >= 15 is 0 Å². The van der Waals surface area contributed by atoms with Crippen LogP contribution in [0.5, 0.6) is 0 Å². The van der Waals surface area contributed by atoms with E-state index in [0.717, 1.165) is 0 Å². The molecule has 2 rings (SSSR count). The average Bonchev–Trinajstić information content (AvgIpc) is 2.48. The third kappa shape index (κ3) is 3.15. The van der Waals surface area contributed by atoms with Gasteiger partial charge in [0.2, 0.25) is 0 Å². The summed E-state index contributed by atoms with van der Waals surface area (Å²) in [7, 11) is 0. The SMILES string of the molecule is O=NCN1CCN(C(=O)c2ccc([N+](=O)[O-])cc2)CC1. The Labute approximate surface area is 115 Å². The third-order valence-corrected chi connectivity index (χ3v) is 3.24. The minimum Gasteiger partial charge on any atom is -0.336 e. The number of piperazine rings is 1. The number of nitroso groups, excluding NO2 is 1. The number of nitro groups is 1. The number of nitro benzene ring substituents is 1. The molecule has 0 atom stereocenters. The number of amides is 1. The molecule has 0 radical (unpaired) electrons. The minimum absolute atomic E-state index is 0.0385. The molecule has 20 heavy (non-hydrogen) atoms. The van der Waals surface area contributed by atoms with Crippen LogP contribution in [0.15, 0.2) is 29.4 Å². The second-order valence-electron chi connectivity index (χ2n) is 4.48. The van der Waals surface area contributed by atoms with Crippen molar-refractivity contribution >= 4 is 11.6 Å². The van der Waals surface area contributed by atoms with Gasteiger partial charge in [0.05, 0.1) is 4.92 Å². The van der Waals surface area contributed by atoms with E-state index in [1.165, 1.54) is 24.3 Å². The van der Waals surface area contributed by atoms with Crippen molar-refractivity contribution < 1.29 is 9.72 Å². The highest BCUT2D eigenvalue weighted by atomic mass is 16.6. The Hall–Kier alpha value is -2.35. The van der Waals surface area contributed by atoms with Gasteiger partial charge >= 0.3 is 0 Å². The zero-order chi connectivity index (χ0) is 14.5. The quantitative estimate of drug-likeness (QED) is 0.466. The number of nitrogens with zero attached hydrogens (tertiary/aromatic N) is 4. The fraction of sp³-hybridized carbons (Fsp3) is 0.417. The Morgan fingerprint density at radius 3 is 2.30 bits per heavy atom. The molecular weight excluding hydrogens is 264 g/mol. The lowest BCUT2D eigenvalue weighted by Crippen LogP contribution is -2.48. The second kappa shape index (κ2) is 6.20. The van der Waals surface area contributed by atoms with Crippen LogP contribution in [0.3, 0.4) is 0 Å². The van der Waals surface area contributed by atoms with Gasteiger partial charge in [-0.2, -0.15) is 0 Å². The highest BCUT2D eigenvalue weighted by Gasteiger charge is 2.22. The molecule has 0 spiro atoms. The summed E-state index contributed by atoms with van der Waals surface area (Å²) in [5, 5.41) is 13.4. The molecule has 106 valence electrons. The molecule has 0 bridgehead atoms. The van der Waals surface area contributed by atoms with E-state index in [9.17, 15) is 19.8 Å². The smallest absolute Gasteiger partial charge is 0.269 e. The third-order valence-electron chi connectivity index (χ3n) is 3.24. The summed E-state index contributed by atoms with van der Waals surface area (Å²) in [5.41, 5.74) is 0.390.